The molecule has 0 rings (SSSR count). The molecule has 280 valence electrons. The van der Waals surface area contributed by atoms with Gasteiger partial charge in [0.2, 0.25) is 0 Å². The number of aliphatic hydroxyl groups excluding tert-OH is 1. The van der Waals surface area contributed by atoms with Crippen LogP contribution in [0, 0.1) is 0 Å². The minimum absolute atomic E-state index is 0.00127. The van der Waals surface area contributed by atoms with Crippen molar-refractivity contribution in [2.45, 2.75) is 219 Å². The van der Waals surface area contributed by atoms with E-state index in [1.807, 2.05) is 0 Å². The minimum Gasteiger partial charge on any atom is -0.466 e. The molecular formula is C41H81NO5. The van der Waals surface area contributed by atoms with Crippen LogP contribution in [0.15, 0.2) is 0 Å². The second-order valence-electron chi connectivity index (χ2n) is 14.1. The van der Waals surface area contributed by atoms with Gasteiger partial charge in [-0.2, -0.15) is 0 Å². The fraction of sp³-hybridized carbons (Fsp3) is 0.951. The number of rotatable bonds is 38. The van der Waals surface area contributed by atoms with E-state index in [2.05, 4.69) is 25.7 Å². The molecule has 0 heterocycles. The molecule has 1 atom stereocenters. The van der Waals surface area contributed by atoms with Crippen molar-refractivity contribution in [2.24, 2.45) is 0 Å². The molecule has 0 aromatic rings. The maximum absolute atomic E-state index is 12.4. The first-order valence-corrected chi connectivity index (χ1v) is 20.8. The van der Waals surface area contributed by atoms with E-state index in [0.29, 0.717) is 19.4 Å². The average Bonchev–Trinajstić information content (AvgIpc) is 3.06. The monoisotopic (exact) mass is 668 g/mol. The first-order valence-electron chi connectivity index (χ1n) is 20.8. The number of carbonyl (C=O) groups is 2. The summed E-state index contributed by atoms with van der Waals surface area (Å²) >= 11 is 0. The Bertz CT molecular complexity index is 658. The quantitative estimate of drug-likeness (QED) is 0.0521. The molecule has 0 radical (unpaired) electrons. The van der Waals surface area contributed by atoms with Crippen molar-refractivity contribution in [3.05, 3.63) is 0 Å². The van der Waals surface area contributed by atoms with Crippen LogP contribution in [0.4, 0.5) is 0 Å². The molecule has 0 fully saturated rings. The molecule has 0 saturated heterocycles. The highest BCUT2D eigenvalue weighted by atomic mass is 16.5. The minimum atomic E-state index is -0.0255. The molecule has 1 unspecified atom stereocenters. The Balaban J connectivity index is 3.82. The summed E-state index contributed by atoms with van der Waals surface area (Å²) in [6.07, 6.45) is 34.0. The highest BCUT2D eigenvalue weighted by Gasteiger charge is 2.13. The maximum atomic E-state index is 12.4. The standard InChI is InChI=1S/C41H81NO5/c1-4-7-9-11-13-14-22-28-38-46-40(44)32-24-18-15-20-26-34-42(36-29-37-43)35-27-21-16-19-25-33-41(45)47-39(30-6-3)31-23-17-12-10-8-5-2/h39,43H,4-38H2,1-3H3. The van der Waals surface area contributed by atoms with Crippen LogP contribution < -0.4 is 0 Å². The molecule has 6 nitrogen and oxygen atoms in total. The summed E-state index contributed by atoms with van der Waals surface area (Å²) < 4.78 is 11.3. The van der Waals surface area contributed by atoms with Gasteiger partial charge >= 0.3 is 11.9 Å². The lowest BCUT2D eigenvalue weighted by atomic mass is 10.0. The Kier molecular flexibility index (Phi) is 36.8. The van der Waals surface area contributed by atoms with Crippen LogP contribution >= 0.6 is 0 Å². The molecule has 0 spiro atoms. The Morgan fingerprint density at radius 2 is 0.936 bits per heavy atom. The number of ether oxygens (including phenoxy) is 2. The molecule has 0 aromatic heterocycles. The first-order chi connectivity index (χ1) is 23.1. The van der Waals surface area contributed by atoms with Crippen molar-refractivity contribution in [2.75, 3.05) is 32.8 Å². The summed E-state index contributed by atoms with van der Waals surface area (Å²) in [6, 6.07) is 0. The van der Waals surface area contributed by atoms with Crippen LogP contribution in [0.5, 0.6) is 0 Å². The fourth-order valence-corrected chi connectivity index (χ4v) is 6.38. The van der Waals surface area contributed by atoms with Crippen molar-refractivity contribution in [3.63, 3.8) is 0 Å². The summed E-state index contributed by atoms with van der Waals surface area (Å²) in [4.78, 5) is 26.9. The summed E-state index contributed by atoms with van der Waals surface area (Å²) in [7, 11) is 0. The molecule has 0 aromatic carbocycles. The summed E-state index contributed by atoms with van der Waals surface area (Å²) in [6.45, 7) is 10.7. The predicted octanol–water partition coefficient (Wildman–Crippen LogP) is 11.5. The third-order valence-corrected chi connectivity index (χ3v) is 9.39. The van der Waals surface area contributed by atoms with Crippen molar-refractivity contribution in [1.82, 2.24) is 4.90 Å². The van der Waals surface area contributed by atoms with Crippen LogP contribution in [-0.2, 0) is 19.1 Å². The van der Waals surface area contributed by atoms with Gasteiger partial charge in [0.25, 0.3) is 0 Å². The highest BCUT2D eigenvalue weighted by molar-refractivity contribution is 5.69. The average molecular weight is 668 g/mol. The van der Waals surface area contributed by atoms with Gasteiger partial charge in [-0.1, -0.05) is 143 Å². The SMILES string of the molecule is CCCCCCCCCCOC(=O)CCCCCCCN(CCCO)CCCCCCCC(=O)OC(CCC)CCCCCCCC. The van der Waals surface area contributed by atoms with Crippen LogP contribution in [0.2, 0.25) is 0 Å². The lowest BCUT2D eigenvalue weighted by Crippen LogP contribution is -2.27. The van der Waals surface area contributed by atoms with E-state index >= 15 is 0 Å². The molecule has 0 bridgehead atoms. The van der Waals surface area contributed by atoms with E-state index in [9.17, 15) is 14.7 Å². The number of esters is 2. The normalized spacial score (nSPS) is 12.1. The molecule has 0 aliphatic rings. The van der Waals surface area contributed by atoms with Gasteiger partial charge in [-0.15, -0.1) is 0 Å². The first kappa shape index (κ1) is 45.9. The van der Waals surface area contributed by atoms with E-state index in [4.69, 9.17) is 9.47 Å². The van der Waals surface area contributed by atoms with E-state index in [1.54, 1.807) is 0 Å². The molecule has 0 aliphatic carbocycles. The zero-order valence-electron chi connectivity index (χ0n) is 31.9. The largest absolute Gasteiger partial charge is 0.466 e. The molecule has 1 N–H and O–H groups in total. The van der Waals surface area contributed by atoms with Crippen molar-refractivity contribution >= 4 is 11.9 Å². The Labute approximate surface area is 292 Å². The number of nitrogens with zero attached hydrogens (tertiary/aromatic N) is 1. The maximum Gasteiger partial charge on any atom is 0.306 e. The Morgan fingerprint density at radius 3 is 1.47 bits per heavy atom. The molecule has 0 aliphatic heterocycles. The van der Waals surface area contributed by atoms with Gasteiger partial charge in [0.1, 0.15) is 6.10 Å². The van der Waals surface area contributed by atoms with Gasteiger partial charge in [-0.3, -0.25) is 9.59 Å². The van der Waals surface area contributed by atoms with Gasteiger partial charge in [0.05, 0.1) is 6.61 Å². The molecule has 0 saturated carbocycles. The zero-order valence-corrected chi connectivity index (χ0v) is 31.9. The fourth-order valence-electron chi connectivity index (χ4n) is 6.38. The third kappa shape index (κ3) is 34.5. The van der Waals surface area contributed by atoms with E-state index in [0.717, 1.165) is 77.4 Å². The number of hydrogen-bond donors (Lipinski definition) is 1. The number of unbranched alkanes of at least 4 members (excludes halogenated alkanes) is 20. The van der Waals surface area contributed by atoms with Crippen LogP contribution in [-0.4, -0.2) is 60.9 Å². The second-order valence-corrected chi connectivity index (χ2v) is 14.1. The predicted molar refractivity (Wildman–Crippen MR) is 200 cm³/mol. The van der Waals surface area contributed by atoms with Crippen molar-refractivity contribution in [3.8, 4) is 0 Å². The van der Waals surface area contributed by atoms with Crippen molar-refractivity contribution < 1.29 is 24.2 Å². The number of hydrogen-bond acceptors (Lipinski definition) is 6. The molecule has 0 amide bonds. The zero-order chi connectivity index (χ0) is 34.5. The van der Waals surface area contributed by atoms with Crippen molar-refractivity contribution in [1.29, 1.82) is 0 Å². The lowest BCUT2D eigenvalue weighted by Gasteiger charge is -2.22. The number of carbonyl (C=O) groups excluding carboxylic acids is 2. The summed E-state index contributed by atoms with van der Waals surface area (Å²) in [5.41, 5.74) is 0. The van der Waals surface area contributed by atoms with Gasteiger partial charge < -0.3 is 19.5 Å². The van der Waals surface area contributed by atoms with E-state index < -0.39 is 0 Å². The molecule has 6 heteroatoms. The van der Waals surface area contributed by atoms with Crippen LogP contribution in [0.3, 0.4) is 0 Å². The summed E-state index contributed by atoms with van der Waals surface area (Å²) in [5.74, 6) is -0.0268. The van der Waals surface area contributed by atoms with Gasteiger partial charge in [-0.25, -0.2) is 0 Å². The molecular weight excluding hydrogens is 586 g/mol. The van der Waals surface area contributed by atoms with Gasteiger partial charge in [0.15, 0.2) is 0 Å². The van der Waals surface area contributed by atoms with Crippen LogP contribution in [0.25, 0.3) is 0 Å². The lowest BCUT2D eigenvalue weighted by molar-refractivity contribution is -0.150. The van der Waals surface area contributed by atoms with Gasteiger partial charge in [-0.05, 0) is 70.9 Å². The Morgan fingerprint density at radius 1 is 0.489 bits per heavy atom. The second kappa shape index (κ2) is 37.7. The molecule has 47 heavy (non-hydrogen) atoms. The third-order valence-electron chi connectivity index (χ3n) is 9.39. The smallest absolute Gasteiger partial charge is 0.306 e. The topological polar surface area (TPSA) is 76.1 Å². The number of aliphatic hydroxyl groups is 1. The Hall–Kier alpha value is -1.14. The summed E-state index contributed by atoms with van der Waals surface area (Å²) in [5, 5.41) is 9.33. The highest BCUT2D eigenvalue weighted by Crippen LogP contribution is 2.16. The van der Waals surface area contributed by atoms with Gasteiger partial charge in [0, 0.05) is 26.0 Å². The van der Waals surface area contributed by atoms with E-state index in [1.165, 1.54) is 122 Å². The van der Waals surface area contributed by atoms with Crippen LogP contribution in [0.1, 0.15) is 213 Å². The van der Waals surface area contributed by atoms with E-state index in [-0.39, 0.29) is 24.6 Å².